The van der Waals surface area contributed by atoms with Gasteiger partial charge in [-0.05, 0) is 76.8 Å². The molecule has 0 fully saturated rings. The summed E-state index contributed by atoms with van der Waals surface area (Å²) in [7, 11) is 0. The van der Waals surface area contributed by atoms with E-state index in [1.165, 1.54) is 54.4 Å². The number of aromatic nitrogens is 4. The molecule has 0 radical (unpaired) electrons. The van der Waals surface area contributed by atoms with E-state index in [1.54, 1.807) is 0 Å². The van der Waals surface area contributed by atoms with Gasteiger partial charge in [-0.2, -0.15) is 0 Å². The lowest BCUT2D eigenvalue weighted by molar-refractivity contribution is 1.17. The van der Waals surface area contributed by atoms with Crippen molar-refractivity contribution in [2.75, 3.05) is 0 Å². The van der Waals surface area contributed by atoms with Gasteiger partial charge in [0.1, 0.15) is 0 Å². The highest BCUT2D eigenvalue weighted by Gasteiger charge is 2.20. The first-order valence-electron chi connectivity index (χ1n) is 19.1. The van der Waals surface area contributed by atoms with E-state index in [4.69, 9.17) is 9.97 Å². The van der Waals surface area contributed by atoms with E-state index in [0.29, 0.717) is 0 Å². The van der Waals surface area contributed by atoms with Crippen LogP contribution in [0.25, 0.3) is 110 Å². The molecule has 0 amide bonds. The fraction of sp³-hybridized carbons (Fsp3) is 0. The Morgan fingerprint density at radius 1 is 0.304 bits per heavy atom. The van der Waals surface area contributed by atoms with Crippen LogP contribution in [0.3, 0.4) is 0 Å². The molecule has 9 aromatic carbocycles. The van der Waals surface area contributed by atoms with E-state index in [-0.39, 0.29) is 0 Å². The van der Waals surface area contributed by atoms with E-state index < -0.39 is 0 Å². The lowest BCUT2D eigenvalue weighted by Crippen LogP contribution is -1.98. The van der Waals surface area contributed by atoms with Crippen LogP contribution < -0.4 is 0 Å². The smallest absolute Gasteiger partial charge is 0.0973 e. The molecule has 0 spiro atoms. The van der Waals surface area contributed by atoms with Crippen LogP contribution >= 0.6 is 0 Å². The highest BCUT2D eigenvalue weighted by molar-refractivity contribution is 6.21. The molecule has 0 atom stereocenters. The van der Waals surface area contributed by atoms with Gasteiger partial charge in [-0.15, -0.1) is 0 Å². The molecule has 260 valence electrons. The van der Waals surface area contributed by atoms with Gasteiger partial charge >= 0.3 is 0 Å². The van der Waals surface area contributed by atoms with Crippen LogP contribution in [-0.4, -0.2) is 19.1 Å². The summed E-state index contributed by atoms with van der Waals surface area (Å²) in [5.74, 6) is 0. The molecule has 4 nitrogen and oxygen atoms in total. The van der Waals surface area contributed by atoms with Gasteiger partial charge in [0.15, 0.2) is 0 Å². The van der Waals surface area contributed by atoms with Gasteiger partial charge in [-0.3, -0.25) is 0 Å². The molecule has 0 N–H and O–H groups in total. The number of rotatable bonds is 4. The Morgan fingerprint density at radius 2 is 0.875 bits per heavy atom. The maximum atomic E-state index is 5.40. The van der Waals surface area contributed by atoms with Crippen LogP contribution in [0.1, 0.15) is 0 Å². The Morgan fingerprint density at radius 3 is 1.62 bits per heavy atom. The minimum Gasteiger partial charge on any atom is -0.309 e. The molecular weight excluding hydrogens is 681 g/mol. The molecule has 0 aliphatic heterocycles. The average Bonchev–Trinajstić information content (AvgIpc) is 3.76. The van der Waals surface area contributed by atoms with Crippen LogP contribution in [0.5, 0.6) is 0 Å². The third kappa shape index (κ3) is 4.60. The Balaban J connectivity index is 1.14. The van der Waals surface area contributed by atoms with Crippen molar-refractivity contribution in [3.63, 3.8) is 0 Å². The second-order valence-electron chi connectivity index (χ2n) is 14.6. The van der Waals surface area contributed by atoms with Crippen molar-refractivity contribution in [1.29, 1.82) is 0 Å². The van der Waals surface area contributed by atoms with Crippen molar-refractivity contribution in [3.05, 3.63) is 194 Å². The van der Waals surface area contributed by atoms with Crippen LogP contribution in [0.2, 0.25) is 0 Å². The predicted octanol–water partition coefficient (Wildman–Crippen LogP) is 13.5. The normalized spacial score (nSPS) is 11.9. The highest BCUT2D eigenvalue weighted by atomic mass is 15.0. The fourth-order valence-corrected chi connectivity index (χ4v) is 8.87. The van der Waals surface area contributed by atoms with E-state index >= 15 is 0 Å². The maximum absolute atomic E-state index is 5.40. The van der Waals surface area contributed by atoms with E-state index in [1.807, 2.05) is 12.1 Å². The molecule has 0 unspecified atom stereocenters. The van der Waals surface area contributed by atoms with Gasteiger partial charge < -0.3 is 9.13 Å². The summed E-state index contributed by atoms with van der Waals surface area (Å²) in [5.41, 5.74) is 12.6. The summed E-state index contributed by atoms with van der Waals surface area (Å²) in [4.78, 5) is 10.7. The van der Waals surface area contributed by atoms with Gasteiger partial charge in [0.25, 0.3) is 0 Å². The highest BCUT2D eigenvalue weighted by Crippen LogP contribution is 2.42. The predicted molar refractivity (Wildman–Crippen MR) is 234 cm³/mol. The summed E-state index contributed by atoms with van der Waals surface area (Å²) in [6, 6.07) is 69.6. The molecule has 3 heterocycles. The topological polar surface area (TPSA) is 35.6 Å². The Hall–Kier alpha value is -7.56. The minimum atomic E-state index is 0.878. The largest absolute Gasteiger partial charge is 0.309 e. The van der Waals surface area contributed by atoms with Crippen molar-refractivity contribution in [3.8, 4) is 33.9 Å². The summed E-state index contributed by atoms with van der Waals surface area (Å²) in [6.45, 7) is 0. The van der Waals surface area contributed by atoms with Crippen LogP contribution in [-0.2, 0) is 0 Å². The van der Waals surface area contributed by atoms with Crippen LogP contribution in [0, 0.1) is 0 Å². The van der Waals surface area contributed by atoms with Crippen molar-refractivity contribution in [2.45, 2.75) is 0 Å². The summed E-state index contributed by atoms with van der Waals surface area (Å²) in [6.07, 6.45) is 0. The molecule has 0 aliphatic rings. The number of hydrogen-bond donors (Lipinski definition) is 0. The number of benzene rings is 9. The van der Waals surface area contributed by atoms with Gasteiger partial charge in [-0.1, -0.05) is 133 Å². The van der Waals surface area contributed by atoms with E-state index in [2.05, 4.69) is 191 Å². The van der Waals surface area contributed by atoms with E-state index in [0.717, 1.165) is 55.7 Å². The Kier molecular flexibility index (Phi) is 6.60. The zero-order valence-electron chi connectivity index (χ0n) is 30.3. The molecule has 56 heavy (non-hydrogen) atoms. The van der Waals surface area contributed by atoms with Crippen molar-refractivity contribution in [2.24, 2.45) is 0 Å². The zero-order chi connectivity index (χ0) is 36.7. The van der Waals surface area contributed by atoms with E-state index in [9.17, 15) is 0 Å². The zero-order valence-corrected chi connectivity index (χ0v) is 30.3. The standard InChI is InChI=1S/C52H32N4/c1-4-14-33(15-5-1)50-51(34-16-6-2-7-17-34)54-52-40-26-25-39(28-37(40)24-27-45(52)53-50)56-47-30-36-19-11-10-18-35(36)29-42(47)44-31-43-41-22-12-13-23-46(41)55(48(43)32-49(44)56)38-20-8-3-9-21-38/h1-32H. The first kappa shape index (κ1) is 30.9. The second kappa shape index (κ2) is 12.0. The number of nitrogens with zero attached hydrogens (tertiary/aromatic N) is 4. The summed E-state index contributed by atoms with van der Waals surface area (Å²) in [5, 5.41) is 9.62. The monoisotopic (exact) mass is 712 g/mol. The van der Waals surface area contributed by atoms with Crippen LogP contribution in [0.15, 0.2) is 194 Å². The third-order valence-electron chi connectivity index (χ3n) is 11.4. The van der Waals surface area contributed by atoms with Gasteiger partial charge in [0.05, 0.1) is 44.5 Å². The number of hydrogen-bond acceptors (Lipinski definition) is 2. The summed E-state index contributed by atoms with van der Waals surface area (Å²) >= 11 is 0. The second-order valence-corrected chi connectivity index (χ2v) is 14.6. The lowest BCUT2D eigenvalue weighted by Gasteiger charge is -2.14. The number of para-hydroxylation sites is 2. The molecule has 3 aromatic heterocycles. The molecule has 0 saturated heterocycles. The number of fused-ring (bicyclic) bond motifs is 10. The van der Waals surface area contributed by atoms with Crippen molar-refractivity contribution >= 4 is 76.2 Å². The van der Waals surface area contributed by atoms with Gasteiger partial charge in [0, 0.05) is 49.4 Å². The Labute approximate surface area is 322 Å². The lowest BCUT2D eigenvalue weighted by atomic mass is 10.0. The molecule has 12 aromatic rings. The quantitative estimate of drug-likeness (QED) is 0.170. The van der Waals surface area contributed by atoms with Gasteiger partial charge in [0.2, 0.25) is 0 Å². The maximum Gasteiger partial charge on any atom is 0.0973 e. The minimum absolute atomic E-state index is 0.878. The molecular formula is C52H32N4. The molecule has 12 rings (SSSR count). The molecule has 4 heteroatoms. The van der Waals surface area contributed by atoms with Crippen molar-refractivity contribution in [1.82, 2.24) is 19.1 Å². The molecule has 0 aliphatic carbocycles. The fourth-order valence-electron chi connectivity index (χ4n) is 8.87. The van der Waals surface area contributed by atoms with Gasteiger partial charge in [-0.25, -0.2) is 9.97 Å². The molecule has 0 bridgehead atoms. The third-order valence-corrected chi connectivity index (χ3v) is 11.4. The first-order valence-corrected chi connectivity index (χ1v) is 19.1. The SMILES string of the molecule is c1ccc(-c2nc3ccc4cc(-n5c6cc7ccccc7cc6c6cc7c8ccccc8n(-c8ccccc8)c7cc65)ccc4c3nc2-c2ccccc2)cc1. The first-order chi connectivity index (χ1) is 27.8. The molecule has 0 saturated carbocycles. The summed E-state index contributed by atoms with van der Waals surface area (Å²) < 4.78 is 4.86. The van der Waals surface area contributed by atoms with Crippen LogP contribution in [0.4, 0.5) is 0 Å². The average molecular weight is 713 g/mol. The van der Waals surface area contributed by atoms with Crippen molar-refractivity contribution < 1.29 is 0 Å². The Bertz CT molecular complexity index is 3510.